The number of rotatable bonds is 0. The fourth-order valence-electron chi connectivity index (χ4n) is 2.48. The molecule has 1 aliphatic carbocycles. The van der Waals surface area contributed by atoms with Gasteiger partial charge in [0.25, 0.3) is 0 Å². The third-order valence-electron chi connectivity index (χ3n) is 3.64. The SMILES string of the molecule is C1CCCCC1.CC(C)(C)OC(N)=O.Oc1ccc2cnccc2c1Br. The smallest absolute Gasteiger partial charge is 0.405 e. The fraction of sp³-hybridized carbons (Fsp3) is 0.500. The number of aromatic nitrogens is 1. The van der Waals surface area contributed by atoms with E-state index in [1.165, 1.54) is 38.5 Å². The molecule has 6 heteroatoms. The zero-order chi connectivity index (χ0) is 19.6. The maximum absolute atomic E-state index is 10.0. The third kappa shape index (κ3) is 9.04. The Morgan fingerprint density at radius 1 is 1.12 bits per heavy atom. The third-order valence-corrected chi connectivity index (χ3v) is 4.47. The summed E-state index contributed by atoms with van der Waals surface area (Å²) in [7, 11) is 0. The van der Waals surface area contributed by atoms with Crippen molar-refractivity contribution in [3.8, 4) is 5.75 Å². The molecule has 26 heavy (non-hydrogen) atoms. The zero-order valence-corrected chi connectivity index (χ0v) is 17.4. The van der Waals surface area contributed by atoms with E-state index in [0.29, 0.717) is 0 Å². The number of fused-ring (bicyclic) bond motifs is 1. The summed E-state index contributed by atoms with van der Waals surface area (Å²) in [6.07, 6.45) is 11.7. The van der Waals surface area contributed by atoms with Crippen molar-refractivity contribution in [2.45, 2.75) is 64.9 Å². The molecule has 144 valence electrons. The molecule has 1 aromatic heterocycles. The summed E-state index contributed by atoms with van der Waals surface area (Å²) in [4.78, 5) is 14.0. The quantitative estimate of drug-likeness (QED) is 0.548. The van der Waals surface area contributed by atoms with Crippen LogP contribution in [0.2, 0.25) is 0 Å². The second-order valence-corrected chi connectivity index (χ2v) is 7.94. The maximum Gasteiger partial charge on any atom is 0.405 e. The zero-order valence-electron chi connectivity index (χ0n) is 15.8. The van der Waals surface area contributed by atoms with Crippen molar-refractivity contribution in [1.29, 1.82) is 0 Å². The molecule has 0 unspecified atom stereocenters. The Balaban J connectivity index is 0.000000210. The predicted octanol–water partition coefficient (Wildman–Crippen LogP) is 5.92. The number of pyridine rings is 1. The van der Waals surface area contributed by atoms with Crippen LogP contribution in [0.25, 0.3) is 10.8 Å². The lowest BCUT2D eigenvalue weighted by molar-refractivity contribution is 0.0600. The van der Waals surface area contributed by atoms with Crippen molar-refractivity contribution in [2.75, 3.05) is 0 Å². The molecule has 1 aromatic carbocycles. The number of benzene rings is 1. The molecule has 0 bridgehead atoms. The van der Waals surface area contributed by atoms with Gasteiger partial charge in [-0.25, -0.2) is 4.79 Å². The van der Waals surface area contributed by atoms with Gasteiger partial charge in [0.15, 0.2) is 0 Å². The van der Waals surface area contributed by atoms with Gasteiger partial charge in [-0.3, -0.25) is 4.98 Å². The number of nitrogens with two attached hydrogens (primary N) is 1. The monoisotopic (exact) mass is 424 g/mol. The fourth-order valence-corrected chi connectivity index (χ4v) is 2.97. The van der Waals surface area contributed by atoms with Gasteiger partial charge in [-0.05, 0) is 54.9 Å². The second-order valence-electron chi connectivity index (χ2n) is 7.15. The van der Waals surface area contributed by atoms with Crippen LogP contribution in [-0.2, 0) is 4.74 Å². The van der Waals surface area contributed by atoms with Crippen molar-refractivity contribution in [2.24, 2.45) is 5.73 Å². The van der Waals surface area contributed by atoms with E-state index in [-0.39, 0.29) is 5.75 Å². The van der Waals surface area contributed by atoms with E-state index in [1.54, 1.807) is 39.2 Å². The van der Waals surface area contributed by atoms with Crippen molar-refractivity contribution < 1.29 is 14.6 Å². The van der Waals surface area contributed by atoms with Crippen LogP contribution in [0, 0.1) is 0 Å². The number of aromatic hydroxyl groups is 1. The molecule has 0 radical (unpaired) electrons. The molecule has 3 rings (SSSR count). The Morgan fingerprint density at radius 2 is 1.65 bits per heavy atom. The number of carbonyl (C=O) groups is 1. The summed E-state index contributed by atoms with van der Waals surface area (Å²) in [6, 6.07) is 5.34. The van der Waals surface area contributed by atoms with Crippen molar-refractivity contribution in [3.63, 3.8) is 0 Å². The van der Waals surface area contributed by atoms with Crippen LogP contribution < -0.4 is 5.73 Å². The highest BCUT2D eigenvalue weighted by atomic mass is 79.9. The molecule has 1 amide bonds. The number of phenols is 1. The van der Waals surface area contributed by atoms with Gasteiger partial charge in [-0.1, -0.05) is 38.5 Å². The molecule has 1 saturated carbocycles. The first-order chi connectivity index (χ1) is 12.2. The van der Waals surface area contributed by atoms with Crippen LogP contribution in [0.4, 0.5) is 4.79 Å². The molecule has 3 N–H and O–H groups in total. The molecule has 2 aromatic rings. The van der Waals surface area contributed by atoms with Crippen molar-refractivity contribution >= 4 is 32.8 Å². The summed E-state index contributed by atoms with van der Waals surface area (Å²) in [5.74, 6) is 0.258. The number of nitrogens with zero attached hydrogens (tertiary/aromatic N) is 1. The Morgan fingerprint density at radius 3 is 2.08 bits per heavy atom. The standard InChI is InChI=1S/C9H6BrNO.C6H12.C5H11NO2/c10-9-7-3-4-11-5-6(7)1-2-8(9)12;1-2-4-6-5-3-1;1-5(2,3)8-4(6)7/h1-5,12H;1-6H2;1-3H3,(H2,6,7). The highest BCUT2D eigenvalue weighted by Gasteiger charge is 2.12. The lowest BCUT2D eigenvalue weighted by atomic mass is 10.0. The van der Waals surface area contributed by atoms with Gasteiger partial charge in [-0.2, -0.15) is 0 Å². The minimum absolute atomic E-state index is 0.258. The first-order valence-corrected chi connectivity index (χ1v) is 9.69. The normalized spacial score (nSPS) is 13.7. The largest absolute Gasteiger partial charge is 0.507 e. The van der Waals surface area contributed by atoms with E-state index in [1.807, 2.05) is 12.1 Å². The van der Waals surface area contributed by atoms with Crippen molar-refractivity contribution in [1.82, 2.24) is 4.98 Å². The Kier molecular flexibility index (Phi) is 9.41. The highest BCUT2D eigenvalue weighted by Crippen LogP contribution is 2.31. The first-order valence-electron chi connectivity index (χ1n) is 8.90. The number of hydrogen-bond donors (Lipinski definition) is 2. The molecular formula is C20H29BrN2O3. The summed E-state index contributed by atoms with van der Waals surface area (Å²) in [6.45, 7) is 5.28. The minimum atomic E-state index is -0.725. The van der Waals surface area contributed by atoms with Crippen LogP contribution in [0.15, 0.2) is 35.1 Å². The molecule has 1 aliphatic rings. The van der Waals surface area contributed by atoms with Gasteiger partial charge >= 0.3 is 6.09 Å². The lowest BCUT2D eigenvalue weighted by Crippen LogP contribution is -2.27. The van der Waals surface area contributed by atoms with E-state index >= 15 is 0 Å². The summed E-state index contributed by atoms with van der Waals surface area (Å²) >= 11 is 3.30. The van der Waals surface area contributed by atoms with Crippen LogP contribution in [-0.4, -0.2) is 21.8 Å². The molecule has 0 spiro atoms. The highest BCUT2D eigenvalue weighted by molar-refractivity contribution is 9.10. The molecule has 0 atom stereocenters. The average molecular weight is 425 g/mol. The van der Waals surface area contributed by atoms with E-state index in [9.17, 15) is 9.90 Å². The summed E-state index contributed by atoms with van der Waals surface area (Å²) in [5, 5.41) is 11.3. The molecule has 0 saturated heterocycles. The molecule has 1 heterocycles. The molecule has 5 nitrogen and oxygen atoms in total. The van der Waals surface area contributed by atoms with Crippen molar-refractivity contribution in [3.05, 3.63) is 35.1 Å². The number of hydrogen-bond acceptors (Lipinski definition) is 4. The van der Waals surface area contributed by atoms with Gasteiger partial charge < -0.3 is 15.6 Å². The lowest BCUT2D eigenvalue weighted by Gasteiger charge is -2.16. The van der Waals surface area contributed by atoms with E-state index < -0.39 is 11.7 Å². The summed E-state index contributed by atoms with van der Waals surface area (Å²) in [5.41, 5.74) is 4.26. The Labute approximate surface area is 164 Å². The van der Waals surface area contributed by atoms with Crippen LogP contribution in [0.5, 0.6) is 5.75 Å². The Hall–Kier alpha value is -1.82. The molecule has 0 aliphatic heterocycles. The number of phenolic OH excluding ortho intramolecular Hbond substituents is 1. The molecule has 1 fully saturated rings. The van der Waals surface area contributed by atoms with Gasteiger partial charge in [-0.15, -0.1) is 0 Å². The number of primary amides is 1. The van der Waals surface area contributed by atoms with Crippen LogP contribution >= 0.6 is 15.9 Å². The Bertz CT molecular complexity index is 683. The van der Waals surface area contributed by atoms with E-state index in [4.69, 9.17) is 5.73 Å². The second kappa shape index (κ2) is 11.0. The van der Waals surface area contributed by atoms with Gasteiger partial charge in [0.2, 0.25) is 0 Å². The topological polar surface area (TPSA) is 85.4 Å². The first kappa shape index (κ1) is 22.2. The van der Waals surface area contributed by atoms with E-state index in [0.717, 1.165) is 15.2 Å². The predicted molar refractivity (Wildman–Crippen MR) is 109 cm³/mol. The summed E-state index contributed by atoms with van der Waals surface area (Å²) < 4.78 is 5.30. The average Bonchev–Trinajstić information content (AvgIpc) is 2.59. The number of amides is 1. The van der Waals surface area contributed by atoms with Gasteiger partial charge in [0, 0.05) is 23.2 Å². The van der Waals surface area contributed by atoms with E-state index in [2.05, 4.69) is 25.7 Å². The number of halogens is 1. The van der Waals surface area contributed by atoms with Gasteiger partial charge in [0.1, 0.15) is 11.4 Å². The maximum atomic E-state index is 10.0. The van der Waals surface area contributed by atoms with Gasteiger partial charge in [0.05, 0.1) is 4.47 Å². The van der Waals surface area contributed by atoms with Crippen LogP contribution in [0.3, 0.4) is 0 Å². The number of ether oxygens (including phenoxy) is 1. The minimum Gasteiger partial charge on any atom is -0.507 e. The van der Waals surface area contributed by atoms with Crippen LogP contribution in [0.1, 0.15) is 59.3 Å². The number of carbonyl (C=O) groups excluding carboxylic acids is 1. The molecular weight excluding hydrogens is 396 g/mol.